The first-order chi connectivity index (χ1) is 14.3. The molecule has 0 aliphatic carbocycles. The molecule has 0 saturated carbocycles. The minimum absolute atomic E-state index is 0.165. The highest BCUT2D eigenvalue weighted by atomic mass is 16.5. The van der Waals surface area contributed by atoms with Crippen LogP contribution < -0.4 is 14.2 Å². The zero-order chi connectivity index (χ0) is 21.5. The molecule has 2 aromatic carbocycles. The number of ether oxygens (including phenoxy) is 3. The Hall–Kier alpha value is -2.72. The summed E-state index contributed by atoms with van der Waals surface area (Å²) in [4.78, 5) is 0. The van der Waals surface area contributed by atoms with Gasteiger partial charge in [-0.05, 0) is 58.2 Å². The van der Waals surface area contributed by atoms with Crippen LogP contribution >= 0.6 is 0 Å². The van der Waals surface area contributed by atoms with E-state index >= 15 is 0 Å². The van der Waals surface area contributed by atoms with E-state index in [1.54, 1.807) is 7.11 Å². The molecule has 0 bridgehead atoms. The first-order valence-electron chi connectivity index (χ1n) is 10.5. The smallest absolute Gasteiger partial charge is 0.168 e. The zero-order valence-electron chi connectivity index (χ0n) is 18.4. The molecule has 2 atom stereocenters. The normalized spacial score (nSPS) is 20.8. The van der Waals surface area contributed by atoms with Gasteiger partial charge in [0.05, 0.1) is 7.11 Å². The second-order valence-corrected chi connectivity index (χ2v) is 8.64. The van der Waals surface area contributed by atoms with Gasteiger partial charge in [-0.3, -0.25) is 0 Å². The van der Waals surface area contributed by atoms with Crippen molar-refractivity contribution in [3.8, 4) is 17.2 Å². The van der Waals surface area contributed by atoms with Gasteiger partial charge in [0.1, 0.15) is 23.9 Å². The maximum atomic E-state index is 11.7. The predicted octanol–water partition coefficient (Wildman–Crippen LogP) is 5.43. The molecule has 158 valence electrons. The summed E-state index contributed by atoms with van der Waals surface area (Å²) in [5.41, 5.74) is 5.00. The van der Waals surface area contributed by atoms with Crippen LogP contribution in [-0.4, -0.2) is 18.8 Å². The van der Waals surface area contributed by atoms with E-state index in [2.05, 4.69) is 45.9 Å². The molecule has 4 heteroatoms. The van der Waals surface area contributed by atoms with Crippen molar-refractivity contribution in [3.05, 3.63) is 75.9 Å². The number of fused-ring (bicyclic) bond motifs is 5. The summed E-state index contributed by atoms with van der Waals surface area (Å²) in [7, 11) is 1.67. The molecule has 0 fully saturated rings. The van der Waals surface area contributed by atoms with Crippen molar-refractivity contribution in [2.75, 3.05) is 13.7 Å². The van der Waals surface area contributed by atoms with Gasteiger partial charge in [-0.15, -0.1) is 0 Å². The maximum Gasteiger partial charge on any atom is 0.168 e. The third-order valence-corrected chi connectivity index (χ3v) is 5.86. The fourth-order valence-corrected chi connectivity index (χ4v) is 4.25. The Morgan fingerprint density at radius 3 is 2.50 bits per heavy atom. The molecule has 30 heavy (non-hydrogen) atoms. The summed E-state index contributed by atoms with van der Waals surface area (Å²) in [6, 6.07) is 9.90. The first kappa shape index (κ1) is 20.5. The summed E-state index contributed by atoms with van der Waals surface area (Å²) in [5.74, 6) is 2.31. The van der Waals surface area contributed by atoms with Gasteiger partial charge >= 0.3 is 0 Å². The maximum absolute atomic E-state index is 11.7. The Balaban J connectivity index is 1.79. The minimum Gasteiger partial charge on any atom is -0.496 e. The van der Waals surface area contributed by atoms with E-state index in [1.165, 1.54) is 11.1 Å². The highest BCUT2D eigenvalue weighted by molar-refractivity contribution is 5.59. The van der Waals surface area contributed by atoms with Gasteiger partial charge in [-0.25, -0.2) is 0 Å². The lowest BCUT2D eigenvalue weighted by Crippen LogP contribution is -2.41. The Morgan fingerprint density at radius 2 is 1.80 bits per heavy atom. The van der Waals surface area contributed by atoms with Crippen LogP contribution in [0.1, 0.15) is 56.1 Å². The molecule has 2 aliphatic heterocycles. The van der Waals surface area contributed by atoms with E-state index in [9.17, 15) is 5.11 Å². The molecule has 0 aromatic heterocycles. The van der Waals surface area contributed by atoms with E-state index in [4.69, 9.17) is 14.2 Å². The molecule has 2 heterocycles. The monoisotopic (exact) mass is 406 g/mol. The van der Waals surface area contributed by atoms with Gasteiger partial charge in [0.15, 0.2) is 11.7 Å². The summed E-state index contributed by atoms with van der Waals surface area (Å²) >= 11 is 0. The summed E-state index contributed by atoms with van der Waals surface area (Å²) in [6.45, 7) is 8.49. The molecule has 0 unspecified atom stereocenters. The third kappa shape index (κ3) is 3.39. The van der Waals surface area contributed by atoms with Crippen LogP contribution in [0.3, 0.4) is 0 Å². The number of hydrogen-bond donors (Lipinski definition) is 1. The highest BCUT2D eigenvalue weighted by Gasteiger charge is 2.54. The molecule has 0 saturated heterocycles. The Labute approximate surface area is 178 Å². The van der Waals surface area contributed by atoms with Crippen LogP contribution in [0.15, 0.2) is 53.6 Å². The zero-order valence-corrected chi connectivity index (χ0v) is 18.4. The summed E-state index contributed by atoms with van der Waals surface area (Å²) in [5, 5.41) is 11.7. The van der Waals surface area contributed by atoms with Gasteiger partial charge in [0.2, 0.25) is 0 Å². The molecule has 4 nitrogen and oxygen atoms in total. The lowest BCUT2D eigenvalue weighted by molar-refractivity contribution is -0.0866. The van der Waals surface area contributed by atoms with E-state index < -0.39 is 11.7 Å². The average molecular weight is 407 g/mol. The van der Waals surface area contributed by atoms with Crippen molar-refractivity contribution in [3.63, 3.8) is 0 Å². The number of para-hydroxylation sites is 1. The largest absolute Gasteiger partial charge is 0.496 e. The molecule has 0 spiro atoms. The van der Waals surface area contributed by atoms with Gasteiger partial charge < -0.3 is 19.3 Å². The van der Waals surface area contributed by atoms with Crippen LogP contribution in [-0.2, 0) is 18.4 Å². The van der Waals surface area contributed by atoms with E-state index in [1.807, 2.05) is 24.3 Å². The van der Waals surface area contributed by atoms with Crippen LogP contribution in [0.25, 0.3) is 0 Å². The minimum atomic E-state index is -1.22. The van der Waals surface area contributed by atoms with Crippen molar-refractivity contribution in [2.24, 2.45) is 0 Å². The fraction of sp³-hybridized carbons (Fsp3) is 0.385. The number of benzene rings is 2. The predicted molar refractivity (Wildman–Crippen MR) is 118 cm³/mol. The van der Waals surface area contributed by atoms with E-state index in [-0.39, 0.29) is 6.61 Å². The Bertz CT molecular complexity index is 1030. The van der Waals surface area contributed by atoms with Gasteiger partial charge in [-0.2, -0.15) is 0 Å². The number of allylic oxidation sites excluding steroid dienone is 4. The van der Waals surface area contributed by atoms with E-state index in [0.29, 0.717) is 12.2 Å². The Morgan fingerprint density at radius 1 is 1.07 bits per heavy atom. The molecule has 0 radical (unpaired) electrons. The third-order valence-electron chi connectivity index (χ3n) is 5.86. The lowest BCUT2D eigenvalue weighted by Gasteiger charge is -2.35. The average Bonchev–Trinajstić information content (AvgIpc) is 3.03. The summed E-state index contributed by atoms with van der Waals surface area (Å²) < 4.78 is 18.2. The molecule has 1 N–H and O–H groups in total. The molecule has 4 rings (SSSR count). The first-order valence-corrected chi connectivity index (χ1v) is 10.5. The number of aliphatic hydroxyl groups is 1. The van der Waals surface area contributed by atoms with Crippen LogP contribution in [0.4, 0.5) is 0 Å². The van der Waals surface area contributed by atoms with Crippen molar-refractivity contribution >= 4 is 0 Å². The van der Waals surface area contributed by atoms with Gasteiger partial charge in [-0.1, -0.05) is 41.5 Å². The molecule has 2 aliphatic rings. The topological polar surface area (TPSA) is 47.9 Å². The SMILES string of the molecule is COc1ccc2c(c1CC=C(C)C)O[C@H]1c3cccc(CC=C(C)C)c3OC[C@@]21O. The number of methoxy groups -OCH3 is 1. The highest BCUT2D eigenvalue weighted by Crippen LogP contribution is 2.56. The lowest BCUT2D eigenvalue weighted by atomic mass is 9.83. The fourth-order valence-electron chi connectivity index (χ4n) is 4.25. The molecule has 0 amide bonds. The number of hydrogen-bond acceptors (Lipinski definition) is 4. The second kappa shape index (κ2) is 7.84. The van der Waals surface area contributed by atoms with Crippen molar-refractivity contribution in [1.29, 1.82) is 0 Å². The standard InChI is InChI=1S/C26H30O4/c1-16(2)9-11-18-7-6-8-20-23(18)29-15-26(27)21-13-14-22(28-5)19(12-10-17(3)4)24(21)30-25(20)26/h6-10,13-14,25,27H,11-12,15H2,1-5H3/t25-,26+/m0/s1. The number of rotatable bonds is 5. The van der Waals surface area contributed by atoms with Gasteiger partial charge in [0.25, 0.3) is 0 Å². The molecular formula is C26H30O4. The van der Waals surface area contributed by atoms with Crippen LogP contribution in [0.2, 0.25) is 0 Å². The van der Waals surface area contributed by atoms with Crippen molar-refractivity contribution in [1.82, 2.24) is 0 Å². The second-order valence-electron chi connectivity index (χ2n) is 8.64. The quantitative estimate of drug-likeness (QED) is 0.673. The van der Waals surface area contributed by atoms with Crippen molar-refractivity contribution < 1.29 is 19.3 Å². The van der Waals surface area contributed by atoms with Crippen LogP contribution in [0, 0.1) is 0 Å². The molecular weight excluding hydrogens is 376 g/mol. The van der Waals surface area contributed by atoms with Gasteiger partial charge in [0, 0.05) is 16.7 Å². The molecule has 2 aromatic rings. The van der Waals surface area contributed by atoms with Crippen molar-refractivity contribution in [2.45, 2.75) is 52.2 Å². The van der Waals surface area contributed by atoms with Crippen LogP contribution in [0.5, 0.6) is 17.2 Å². The summed E-state index contributed by atoms with van der Waals surface area (Å²) in [6.07, 6.45) is 5.32. The Kier molecular flexibility index (Phi) is 5.37. The van der Waals surface area contributed by atoms with E-state index in [0.717, 1.165) is 40.2 Å².